The fourth-order valence-electron chi connectivity index (χ4n) is 2.11. The Morgan fingerprint density at radius 1 is 1.11 bits per heavy atom. The minimum absolute atomic E-state index is 0.0212. The van der Waals surface area contributed by atoms with Crippen LogP contribution < -0.4 is 0 Å². The van der Waals surface area contributed by atoms with Gasteiger partial charge in [0.15, 0.2) is 0 Å². The van der Waals surface area contributed by atoms with Gasteiger partial charge in [-0.25, -0.2) is 0 Å². The molecule has 2 aromatic rings. The molecule has 1 N–H and O–H groups in total. The van der Waals surface area contributed by atoms with E-state index in [9.17, 15) is 5.11 Å². The van der Waals surface area contributed by atoms with Gasteiger partial charge in [-0.3, -0.25) is 4.98 Å². The number of nitrogens with zero attached hydrogens (tertiary/aromatic N) is 1. The Bertz CT molecular complexity index is 481. The molecule has 0 aliphatic rings. The van der Waals surface area contributed by atoms with Crippen molar-refractivity contribution in [2.75, 3.05) is 0 Å². The summed E-state index contributed by atoms with van der Waals surface area (Å²) in [4.78, 5) is 4.06. The molecule has 0 saturated heterocycles. The molecule has 0 saturated carbocycles. The second kappa shape index (κ2) is 6.12. The predicted octanol–water partition coefficient (Wildman–Crippen LogP) is 3.47. The molecule has 2 nitrogen and oxygen atoms in total. The highest BCUT2D eigenvalue weighted by Crippen LogP contribution is 2.33. The summed E-state index contributed by atoms with van der Waals surface area (Å²) in [5.74, 6) is 0.0212. The molecular weight excluding hydrogens is 222 g/mol. The predicted molar refractivity (Wildman–Crippen MR) is 73.2 cm³/mol. The molecule has 0 amide bonds. The lowest BCUT2D eigenvalue weighted by Crippen LogP contribution is -2.10. The monoisotopic (exact) mass is 239 g/mol. The van der Waals surface area contributed by atoms with Gasteiger partial charge in [0.25, 0.3) is 0 Å². The third-order valence-corrected chi connectivity index (χ3v) is 3.06. The molecule has 18 heavy (non-hydrogen) atoms. The second-order valence-corrected chi connectivity index (χ2v) is 4.27. The largest absolute Gasteiger partial charge is 0.388 e. The zero-order valence-corrected chi connectivity index (χ0v) is 10.2. The van der Waals surface area contributed by atoms with E-state index in [4.69, 9.17) is 0 Å². The van der Waals surface area contributed by atoms with Crippen LogP contribution in [0.15, 0.2) is 67.5 Å². The number of aliphatic hydroxyl groups is 1. The maximum atomic E-state index is 10.5. The van der Waals surface area contributed by atoms with Gasteiger partial charge in [0.2, 0.25) is 0 Å². The smallest absolute Gasteiger partial charge is 0.0876 e. The van der Waals surface area contributed by atoms with Crippen LogP contribution in [0.3, 0.4) is 0 Å². The molecule has 2 heteroatoms. The Morgan fingerprint density at radius 2 is 1.83 bits per heavy atom. The number of benzene rings is 1. The average molecular weight is 239 g/mol. The zero-order chi connectivity index (χ0) is 12.8. The van der Waals surface area contributed by atoms with Gasteiger partial charge >= 0.3 is 0 Å². The van der Waals surface area contributed by atoms with E-state index in [-0.39, 0.29) is 5.92 Å². The minimum Gasteiger partial charge on any atom is -0.388 e. The number of aromatic nitrogens is 1. The van der Waals surface area contributed by atoms with Crippen molar-refractivity contribution in [2.45, 2.75) is 18.4 Å². The summed E-state index contributed by atoms with van der Waals surface area (Å²) in [6.07, 6.45) is 5.45. The third-order valence-electron chi connectivity index (χ3n) is 3.06. The van der Waals surface area contributed by atoms with Crippen LogP contribution in [0, 0.1) is 0 Å². The molecule has 0 aliphatic heterocycles. The summed E-state index contributed by atoms with van der Waals surface area (Å²) in [5, 5.41) is 10.5. The summed E-state index contributed by atoms with van der Waals surface area (Å²) in [5.41, 5.74) is 1.96. The number of rotatable bonds is 5. The summed E-state index contributed by atoms with van der Waals surface area (Å²) in [6, 6.07) is 13.8. The van der Waals surface area contributed by atoms with Crippen molar-refractivity contribution in [2.24, 2.45) is 0 Å². The van der Waals surface area contributed by atoms with Gasteiger partial charge in [-0.1, -0.05) is 42.5 Å². The van der Waals surface area contributed by atoms with Crippen LogP contribution in [0.2, 0.25) is 0 Å². The van der Waals surface area contributed by atoms with Gasteiger partial charge in [-0.15, -0.1) is 6.58 Å². The number of allylic oxidation sites excluding steroid dienone is 1. The van der Waals surface area contributed by atoms with E-state index in [1.54, 1.807) is 12.4 Å². The SMILES string of the molecule is C=CC[C@H](c1ccccc1)[C@H](O)c1cccnc1. The molecule has 1 aromatic heterocycles. The van der Waals surface area contributed by atoms with E-state index in [0.29, 0.717) is 0 Å². The molecule has 0 radical (unpaired) electrons. The van der Waals surface area contributed by atoms with Crippen LogP contribution in [-0.2, 0) is 0 Å². The van der Waals surface area contributed by atoms with Gasteiger partial charge in [0.05, 0.1) is 6.10 Å². The van der Waals surface area contributed by atoms with Gasteiger partial charge in [-0.05, 0) is 23.6 Å². The highest BCUT2D eigenvalue weighted by molar-refractivity contribution is 5.25. The maximum absolute atomic E-state index is 10.5. The molecule has 92 valence electrons. The lowest BCUT2D eigenvalue weighted by atomic mass is 9.87. The number of hydrogen-bond acceptors (Lipinski definition) is 2. The number of pyridine rings is 1. The van der Waals surface area contributed by atoms with Crippen molar-refractivity contribution in [1.29, 1.82) is 0 Å². The van der Waals surface area contributed by atoms with Crippen molar-refractivity contribution in [1.82, 2.24) is 4.98 Å². The fourth-order valence-corrected chi connectivity index (χ4v) is 2.11. The fraction of sp³-hybridized carbons (Fsp3) is 0.188. The average Bonchev–Trinajstić information content (AvgIpc) is 2.46. The Hall–Kier alpha value is -1.93. The molecule has 0 spiro atoms. The van der Waals surface area contributed by atoms with Gasteiger partial charge in [-0.2, -0.15) is 0 Å². The first kappa shape index (κ1) is 12.5. The lowest BCUT2D eigenvalue weighted by Gasteiger charge is -2.22. The maximum Gasteiger partial charge on any atom is 0.0876 e. The second-order valence-electron chi connectivity index (χ2n) is 4.27. The van der Waals surface area contributed by atoms with E-state index in [0.717, 1.165) is 17.5 Å². The molecule has 1 aromatic carbocycles. The molecule has 2 rings (SSSR count). The molecular formula is C16H17NO. The lowest BCUT2D eigenvalue weighted by molar-refractivity contribution is 0.145. The van der Waals surface area contributed by atoms with E-state index in [2.05, 4.69) is 11.6 Å². The first-order valence-electron chi connectivity index (χ1n) is 6.06. The molecule has 0 aliphatic carbocycles. The van der Waals surface area contributed by atoms with Crippen LogP contribution in [0.5, 0.6) is 0 Å². The van der Waals surface area contributed by atoms with Gasteiger partial charge < -0.3 is 5.11 Å². The zero-order valence-electron chi connectivity index (χ0n) is 10.2. The topological polar surface area (TPSA) is 33.1 Å². The minimum atomic E-state index is -0.556. The van der Waals surface area contributed by atoms with Crippen molar-refractivity contribution < 1.29 is 5.11 Å². The molecule has 2 atom stereocenters. The first-order valence-corrected chi connectivity index (χ1v) is 6.06. The van der Waals surface area contributed by atoms with E-state index in [1.165, 1.54) is 0 Å². The Morgan fingerprint density at radius 3 is 2.44 bits per heavy atom. The first-order chi connectivity index (χ1) is 8.83. The highest BCUT2D eigenvalue weighted by atomic mass is 16.3. The van der Waals surface area contributed by atoms with E-state index < -0.39 is 6.10 Å². The summed E-state index contributed by atoms with van der Waals surface area (Å²) in [6.45, 7) is 3.78. The van der Waals surface area contributed by atoms with Gasteiger partial charge in [0, 0.05) is 18.3 Å². The van der Waals surface area contributed by atoms with Crippen molar-refractivity contribution in [3.8, 4) is 0 Å². The normalized spacial score (nSPS) is 13.8. The van der Waals surface area contributed by atoms with Gasteiger partial charge in [0.1, 0.15) is 0 Å². The van der Waals surface area contributed by atoms with Crippen molar-refractivity contribution >= 4 is 0 Å². The third kappa shape index (κ3) is 2.84. The van der Waals surface area contributed by atoms with Crippen LogP contribution in [0.25, 0.3) is 0 Å². The summed E-state index contributed by atoms with van der Waals surface area (Å²) in [7, 11) is 0. The van der Waals surface area contributed by atoms with Crippen molar-refractivity contribution in [3.63, 3.8) is 0 Å². The van der Waals surface area contributed by atoms with Crippen LogP contribution in [0.4, 0.5) is 0 Å². The molecule has 1 heterocycles. The molecule has 0 unspecified atom stereocenters. The Kier molecular flexibility index (Phi) is 4.26. The summed E-state index contributed by atoms with van der Waals surface area (Å²) >= 11 is 0. The molecule has 0 fully saturated rings. The standard InChI is InChI=1S/C16H17NO/c1-2-7-15(13-8-4-3-5-9-13)16(18)14-10-6-11-17-12-14/h2-6,8-12,15-16,18H,1,7H2/t15-,16-/m1/s1. The number of aliphatic hydroxyl groups excluding tert-OH is 1. The summed E-state index contributed by atoms with van der Waals surface area (Å²) < 4.78 is 0. The Balaban J connectivity index is 2.28. The molecule has 0 bridgehead atoms. The quantitative estimate of drug-likeness (QED) is 0.810. The van der Waals surface area contributed by atoms with Crippen molar-refractivity contribution in [3.05, 3.63) is 78.6 Å². The Labute approximate surface area is 108 Å². The number of hydrogen-bond donors (Lipinski definition) is 1. The highest BCUT2D eigenvalue weighted by Gasteiger charge is 2.21. The van der Waals surface area contributed by atoms with Crippen LogP contribution in [-0.4, -0.2) is 10.1 Å². The van der Waals surface area contributed by atoms with E-state index >= 15 is 0 Å². The van der Waals surface area contributed by atoms with E-state index in [1.807, 2.05) is 48.5 Å². The van der Waals surface area contributed by atoms with Crippen LogP contribution in [0.1, 0.15) is 29.6 Å². The van der Waals surface area contributed by atoms with Crippen LogP contribution >= 0.6 is 0 Å².